The van der Waals surface area contributed by atoms with E-state index >= 15 is 0 Å². The minimum atomic E-state index is -0.355. The van der Waals surface area contributed by atoms with E-state index in [0.717, 1.165) is 5.69 Å². The lowest BCUT2D eigenvalue weighted by Gasteiger charge is -2.29. The molecule has 3 nitrogen and oxygen atoms in total. The number of phenols is 1. The van der Waals surface area contributed by atoms with Crippen LogP contribution in [0.1, 0.15) is 20.8 Å². The van der Waals surface area contributed by atoms with E-state index < -0.39 is 0 Å². The molecule has 0 aromatic heterocycles. The fourth-order valence-electron chi connectivity index (χ4n) is 1.50. The van der Waals surface area contributed by atoms with Gasteiger partial charge in [-0.3, -0.25) is 4.79 Å². The third-order valence-electron chi connectivity index (χ3n) is 2.88. The van der Waals surface area contributed by atoms with E-state index in [0.29, 0.717) is 6.54 Å². The van der Waals surface area contributed by atoms with Crippen molar-refractivity contribution in [2.45, 2.75) is 20.8 Å². The second kappa shape index (κ2) is 4.56. The summed E-state index contributed by atoms with van der Waals surface area (Å²) >= 11 is 0. The molecule has 1 N–H and O–H groups in total. The Morgan fingerprint density at radius 1 is 1.31 bits per heavy atom. The number of aromatic hydroxyl groups is 1. The van der Waals surface area contributed by atoms with Crippen LogP contribution in [-0.2, 0) is 4.79 Å². The average Bonchev–Trinajstić information content (AvgIpc) is 2.17. The van der Waals surface area contributed by atoms with Crippen molar-refractivity contribution in [1.29, 1.82) is 0 Å². The SMILES string of the molecule is CC(=O)C(C)(C)CN(C)c1ccc(O)cc1. The Labute approximate surface area is 96.7 Å². The first-order valence-electron chi connectivity index (χ1n) is 5.34. The van der Waals surface area contributed by atoms with E-state index in [-0.39, 0.29) is 16.9 Å². The van der Waals surface area contributed by atoms with Crippen LogP contribution in [0.5, 0.6) is 5.75 Å². The number of benzene rings is 1. The summed E-state index contributed by atoms with van der Waals surface area (Å²) in [6.45, 7) is 6.15. The van der Waals surface area contributed by atoms with Crippen molar-refractivity contribution < 1.29 is 9.90 Å². The molecule has 0 bridgehead atoms. The molecular formula is C13H19NO2. The number of phenolic OH excluding ortho intramolecular Hbond substituents is 1. The zero-order valence-corrected chi connectivity index (χ0v) is 10.3. The predicted octanol–water partition coefficient (Wildman–Crippen LogP) is 2.44. The molecule has 0 unspecified atom stereocenters. The molecule has 1 aromatic carbocycles. The molecule has 1 aromatic rings. The van der Waals surface area contributed by atoms with E-state index in [1.165, 1.54) is 0 Å². The molecule has 1 rings (SSSR count). The number of hydrogen-bond donors (Lipinski definition) is 1. The molecule has 0 radical (unpaired) electrons. The normalized spacial score (nSPS) is 11.2. The van der Waals surface area contributed by atoms with Crippen LogP contribution in [0.2, 0.25) is 0 Å². The highest BCUT2D eigenvalue weighted by molar-refractivity contribution is 5.82. The molecule has 0 heterocycles. The summed E-state index contributed by atoms with van der Waals surface area (Å²) in [6, 6.07) is 6.97. The summed E-state index contributed by atoms with van der Waals surface area (Å²) in [4.78, 5) is 13.4. The molecular weight excluding hydrogens is 202 g/mol. The van der Waals surface area contributed by atoms with Crippen LogP contribution in [0.3, 0.4) is 0 Å². The van der Waals surface area contributed by atoms with Crippen LogP contribution in [0, 0.1) is 5.41 Å². The van der Waals surface area contributed by atoms with E-state index in [9.17, 15) is 9.90 Å². The number of rotatable bonds is 4. The monoisotopic (exact) mass is 221 g/mol. The van der Waals surface area contributed by atoms with E-state index in [4.69, 9.17) is 0 Å². The summed E-state index contributed by atoms with van der Waals surface area (Å²) in [5.41, 5.74) is 0.638. The molecule has 0 aliphatic heterocycles. The standard InChI is InChI=1S/C13H19NO2/c1-10(15)13(2,3)9-14(4)11-5-7-12(16)8-6-11/h5-8,16H,9H2,1-4H3. The lowest BCUT2D eigenvalue weighted by molar-refractivity contribution is -0.124. The molecule has 0 saturated carbocycles. The first-order valence-corrected chi connectivity index (χ1v) is 5.34. The number of carbonyl (C=O) groups excluding carboxylic acids is 1. The van der Waals surface area contributed by atoms with Crippen molar-refractivity contribution in [3.63, 3.8) is 0 Å². The predicted molar refractivity (Wildman–Crippen MR) is 65.8 cm³/mol. The zero-order chi connectivity index (χ0) is 12.3. The molecule has 0 atom stereocenters. The van der Waals surface area contributed by atoms with Crippen LogP contribution < -0.4 is 4.90 Å². The van der Waals surface area contributed by atoms with Crippen LogP contribution >= 0.6 is 0 Å². The van der Waals surface area contributed by atoms with Gasteiger partial charge in [0.25, 0.3) is 0 Å². The van der Waals surface area contributed by atoms with Gasteiger partial charge in [0.1, 0.15) is 11.5 Å². The van der Waals surface area contributed by atoms with E-state index in [1.807, 2.05) is 37.9 Å². The maximum Gasteiger partial charge on any atom is 0.137 e. The first-order chi connectivity index (χ1) is 7.33. The van der Waals surface area contributed by atoms with E-state index in [1.54, 1.807) is 19.1 Å². The number of hydrogen-bond acceptors (Lipinski definition) is 3. The van der Waals surface area contributed by atoms with Crippen LogP contribution in [0.15, 0.2) is 24.3 Å². The minimum absolute atomic E-state index is 0.179. The largest absolute Gasteiger partial charge is 0.508 e. The van der Waals surface area contributed by atoms with Gasteiger partial charge in [0.15, 0.2) is 0 Å². The van der Waals surface area contributed by atoms with Crippen molar-refractivity contribution in [2.75, 3.05) is 18.5 Å². The number of anilines is 1. The van der Waals surface area contributed by atoms with Crippen molar-refractivity contribution in [3.8, 4) is 5.75 Å². The minimum Gasteiger partial charge on any atom is -0.508 e. The molecule has 0 aliphatic rings. The van der Waals surface area contributed by atoms with Gasteiger partial charge in [-0.2, -0.15) is 0 Å². The van der Waals surface area contributed by atoms with Crippen molar-refractivity contribution >= 4 is 11.5 Å². The highest BCUT2D eigenvalue weighted by Crippen LogP contribution is 2.23. The van der Waals surface area contributed by atoms with Gasteiger partial charge in [-0.25, -0.2) is 0 Å². The number of ketones is 1. The molecule has 0 saturated heterocycles. The van der Waals surface area contributed by atoms with Gasteiger partial charge in [-0.05, 0) is 31.2 Å². The molecule has 0 aliphatic carbocycles. The Morgan fingerprint density at radius 2 is 1.81 bits per heavy atom. The summed E-state index contributed by atoms with van der Waals surface area (Å²) in [6.07, 6.45) is 0. The molecule has 0 fully saturated rings. The number of nitrogens with zero attached hydrogens (tertiary/aromatic N) is 1. The highest BCUT2D eigenvalue weighted by Gasteiger charge is 2.25. The molecule has 16 heavy (non-hydrogen) atoms. The van der Waals surface area contributed by atoms with Crippen molar-refractivity contribution in [1.82, 2.24) is 0 Å². The number of carbonyl (C=O) groups is 1. The smallest absolute Gasteiger partial charge is 0.137 e. The third-order valence-corrected chi connectivity index (χ3v) is 2.88. The average molecular weight is 221 g/mol. The van der Waals surface area contributed by atoms with Crippen molar-refractivity contribution in [3.05, 3.63) is 24.3 Å². The maximum atomic E-state index is 11.4. The fourth-order valence-corrected chi connectivity index (χ4v) is 1.50. The van der Waals surface area contributed by atoms with E-state index in [2.05, 4.69) is 0 Å². The van der Waals surface area contributed by atoms with Gasteiger partial charge in [0.2, 0.25) is 0 Å². The van der Waals surface area contributed by atoms with Crippen molar-refractivity contribution in [2.24, 2.45) is 5.41 Å². The van der Waals surface area contributed by atoms with Crippen LogP contribution in [0.25, 0.3) is 0 Å². The molecule has 88 valence electrons. The zero-order valence-electron chi connectivity index (χ0n) is 10.3. The molecule has 3 heteroatoms. The topological polar surface area (TPSA) is 40.5 Å². The maximum absolute atomic E-state index is 11.4. The van der Waals surface area contributed by atoms with Crippen LogP contribution in [-0.4, -0.2) is 24.5 Å². The number of Topliss-reactive ketones (excluding diaryl/α,β-unsaturated/α-hetero) is 1. The summed E-state index contributed by atoms with van der Waals surface area (Å²) in [5.74, 6) is 0.432. The molecule has 0 spiro atoms. The second-order valence-corrected chi connectivity index (χ2v) is 4.81. The Morgan fingerprint density at radius 3 is 2.25 bits per heavy atom. The van der Waals surface area contributed by atoms with Crippen LogP contribution in [0.4, 0.5) is 5.69 Å². The quantitative estimate of drug-likeness (QED) is 0.849. The lowest BCUT2D eigenvalue weighted by Crippen LogP contribution is -2.36. The Balaban J connectivity index is 2.76. The Kier molecular flexibility index (Phi) is 3.58. The fraction of sp³-hybridized carbons (Fsp3) is 0.462. The molecule has 0 amide bonds. The lowest BCUT2D eigenvalue weighted by atomic mass is 9.88. The van der Waals surface area contributed by atoms with Gasteiger partial charge in [0, 0.05) is 24.7 Å². The summed E-state index contributed by atoms with van der Waals surface area (Å²) in [7, 11) is 1.94. The van der Waals surface area contributed by atoms with Gasteiger partial charge in [-0.15, -0.1) is 0 Å². The van der Waals surface area contributed by atoms with Gasteiger partial charge in [0.05, 0.1) is 0 Å². The highest BCUT2D eigenvalue weighted by atomic mass is 16.3. The van der Waals surface area contributed by atoms with Gasteiger partial charge in [-0.1, -0.05) is 13.8 Å². The van der Waals surface area contributed by atoms with Gasteiger partial charge >= 0.3 is 0 Å². The first kappa shape index (κ1) is 12.6. The Hall–Kier alpha value is -1.51. The third kappa shape index (κ3) is 2.99. The van der Waals surface area contributed by atoms with Gasteiger partial charge < -0.3 is 10.0 Å². The summed E-state index contributed by atoms with van der Waals surface area (Å²) in [5, 5.41) is 9.19. The Bertz CT molecular complexity index is 368. The second-order valence-electron chi connectivity index (χ2n) is 4.81. The summed E-state index contributed by atoms with van der Waals surface area (Å²) < 4.78 is 0.